The highest BCUT2D eigenvalue weighted by Gasteiger charge is 2.30. The van der Waals surface area contributed by atoms with E-state index in [1.54, 1.807) is 0 Å². The Morgan fingerprint density at radius 1 is 1.22 bits per heavy atom. The Balaban J connectivity index is 2.79. The first kappa shape index (κ1) is 14.0. The SMILES string of the molecule is C[C@H](NC(=O)C(N)=O)c1ccc(C(F)(F)F)cc1. The summed E-state index contributed by atoms with van der Waals surface area (Å²) in [5.41, 5.74) is 4.41. The second kappa shape index (κ2) is 5.07. The lowest BCUT2D eigenvalue weighted by atomic mass is 10.1. The number of nitrogens with one attached hydrogen (secondary N) is 1. The Morgan fingerprint density at radius 3 is 2.11 bits per heavy atom. The van der Waals surface area contributed by atoms with Crippen molar-refractivity contribution in [1.29, 1.82) is 0 Å². The molecule has 3 N–H and O–H groups in total. The van der Waals surface area contributed by atoms with Gasteiger partial charge in [-0.2, -0.15) is 13.2 Å². The van der Waals surface area contributed by atoms with Crippen molar-refractivity contribution >= 4 is 11.8 Å². The van der Waals surface area contributed by atoms with Crippen LogP contribution in [0, 0.1) is 0 Å². The van der Waals surface area contributed by atoms with Gasteiger partial charge in [-0.1, -0.05) is 12.1 Å². The molecule has 98 valence electrons. The zero-order chi connectivity index (χ0) is 13.9. The van der Waals surface area contributed by atoms with Crippen LogP contribution in [0.5, 0.6) is 0 Å². The van der Waals surface area contributed by atoms with Crippen LogP contribution in [0.1, 0.15) is 24.1 Å². The van der Waals surface area contributed by atoms with Crippen LogP contribution in [0.15, 0.2) is 24.3 Å². The maximum Gasteiger partial charge on any atom is 0.416 e. The van der Waals surface area contributed by atoms with Crippen molar-refractivity contribution in [1.82, 2.24) is 5.32 Å². The van der Waals surface area contributed by atoms with Gasteiger partial charge in [0.05, 0.1) is 11.6 Å². The maximum absolute atomic E-state index is 12.3. The van der Waals surface area contributed by atoms with E-state index in [-0.39, 0.29) is 0 Å². The third-order valence-electron chi connectivity index (χ3n) is 2.31. The summed E-state index contributed by atoms with van der Waals surface area (Å²) in [4.78, 5) is 21.5. The molecule has 0 aliphatic rings. The number of carbonyl (C=O) groups excluding carboxylic acids is 2. The van der Waals surface area contributed by atoms with Gasteiger partial charge >= 0.3 is 18.0 Å². The predicted molar refractivity (Wildman–Crippen MR) is 57.2 cm³/mol. The van der Waals surface area contributed by atoms with Crippen LogP contribution in [0.2, 0.25) is 0 Å². The number of benzene rings is 1. The number of amides is 2. The summed E-state index contributed by atoms with van der Waals surface area (Å²) in [6.07, 6.45) is -4.40. The fraction of sp³-hybridized carbons (Fsp3) is 0.273. The average Bonchev–Trinajstić information content (AvgIpc) is 2.27. The van der Waals surface area contributed by atoms with Crippen molar-refractivity contribution in [2.75, 3.05) is 0 Å². The smallest absolute Gasteiger partial charge is 0.361 e. The molecule has 0 saturated heterocycles. The monoisotopic (exact) mass is 260 g/mol. The number of hydrogen-bond acceptors (Lipinski definition) is 2. The summed E-state index contributed by atoms with van der Waals surface area (Å²) in [5.74, 6) is -2.13. The zero-order valence-corrected chi connectivity index (χ0v) is 9.41. The fourth-order valence-electron chi connectivity index (χ4n) is 1.31. The normalized spacial score (nSPS) is 12.9. The summed E-state index contributed by atoms with van der Waals surface area (Å²) in [6.45, 7) is 1.53. The van der Waals surface area contributed by atoms with Crippen LogP contribution in [0.25, 0.3) is 0 Å². The van der Waals surface area contributed by atoms with E-state index in [4.69, 9.17) is 5.73 Å². The lowest BCUT2D eigenvalue weighted by Crippen LogP contribution is -2.37. The minimum absolute atomic E-state index is 0.442. The molecule has 0 heterocycles. The second-order valence-corrected chi connectivity index (χ2v) is 3.68. The van der Waals surface area contributed by atoms with Crippen LogP contribution in [0.4, 0.5) is 13.2 Å². The fourth-order valence-corrected chi connectivity index (χ4v) is 1.31. The Hall–Kier alpha value is -2.05. The molecular formula is C11H11F3N2O2. The maximum atomic E-state index is 12.3. The highest BCUT2D eigenvalue weighted by atomic mass is 19.4. The molecule has 2 amide bonds. The first-order valence-electron chi connectivity index (χ1n) is 4.99. The van der Waals surface area contributed by atoms with Crippen molar-refractivity contribution < 1.29 is 22.8 Å². The second-order valence-electron chi connectivity index (χ2n) is 3.68. The third kappa shape index (κ3) is 3.47. The summed E-state index contributed by atoms with van der Waals surface area (Å²) in [6, 6.07) is 3.67. The van der Waals surface area contributed by atoms with E-state index < -0.39 is 29.6 Å². The Kier molecular flexibility index (Phi) is 3.95. The van der Waals surface area contributed by atoms with Gasteiger partial charge < -0.3 is 11.1 Å². The first-order valence-corrected chi connectivity index (χ1v) is 4.99. The van der Waals surface area contributed by atoms with Gasteiger partial charge in [0, 0.05) is 0 Å². The molecule has 1 atom stereocenters. The lowest BCUT2D eigenvalue weighted by Gasteiger charge is -2.14. The van der Waals surface area contributed by atoms with E-state index in [2.05, 4.69) is 5.32 Å². The molecule has 7 heteroatoms. The largest absolute Gasteiger partial charge is 0.416 e. The standard InChI is InChI=1S/C11H11F3N2O2/c1-6(16-10(18)9(15)17)7-2-4-8(5-3-7)11(12,13)14/h2-6H,1H3,(H2,15,17)(H,16,18)/t6-/m0/s1. The van der Waals surface area contributed by atoms with Crippen LogP contribution < -0.4 is 11.1 Å². The summed E-state index contributed by atoms with van der Waals surface area (Å²) in [7, 11) is 0. The number of primary amides is 1. The van der Waals surface area contributed by atoms with Crippen LogP contribution in [0.3, 0.4) is 0 Å². The molecule has 0 bridgehead atoms. The van der Waals surface area contributed by atoms with Gasteiger partial charge in [-0.25, -0.2) is 0 Å². The van der Waals surface area contributed by atoms with Gasteiger partial charge in [-0.05, 0) is 24.6 Å². The van der Waals surface area contributed by atoms with E-state index in [0.29, 0.717) is 5.56 Å². The number of nitrogens with two attached hydrogens (primary N) is 1. The molecule has 1 aromatic carbocycles. The number of carbonyl (C=O) groups is 2. The molecule has 0 radical (unpaired) electrons. The molecule has 1 aromatic rings. The van der Waals surface area contributed by atoms with Gasteiger partial charge in [-0.3, -0.25) is 9.59 Å². The summed E-state index contributed by atoms with van der Waals surface area (Å²) in [5, 5.41) is 2.26. The van der Waals surface area contributed by atoms with E-state index in [1.165, 1.54) is 19.1 Å². The van der Waals surface area contributed by atoms with E-state index in [1.807, 2.05) is 0 Å². The number of alkyl halides is 3. The number of halogens is 3. The van der Waals surface area contributed by atoms with Crippen molar-refractivity contribution in [3.63, 3.8) is 0 Å². The molecule has 18 heavy (non-hydrogen) atoms. The van der Waals surface area contributed by atoms with Gasteiger partial charge in [0.2, 0.25) is 0 Å². The molecule has 1 rings (SSSR count). The van der Waals surface area contributed by atoms with Crippen molar-refractivity contribution in [2.45, 2.75) is 19.1 Å². The molecule has 0 saturated carbocycles. The first-order chi connectivity index (χ1) is 8.21. The van der Waals surface area contributed by atoms with Crippen molar-refractivity contribution in [2.24, 2.45) is 5.73 Å². The zero-order valence-electron chi connectivity index (χ0n) is 9.41. The van der Waals surface area contributed by atoms with Crippen molar-refractivity contribution in [3.05, 3.63) is 35.4 Å². The minimum Gasteiger partial charge on any atom is -0.361 e. The van der Waals surface area contributed by atoms with Crippen LogP contribution in [-0.2, 0) is 15.8 Å². The number of rotatable bonds is 2. The Bertz CT molecular complexity index is 454. The predicted octanol–water partition coefficient (Wildman–Crippen LogP) is 1.37. The van der Waals surface area contributed by atoms with Gasteiger partial charge in [-0.15, -0.1) is 0 Å². The van der Waals surface area contributed by atoms with Crippen molar-refractivity contribution in [3.8, 4) is 0 Å². The minimum atomic E-state index is -4.40. The van der Waals surface area contributed by atoms with Gasteiger partial charge in [0.25, 0.3) is 0 Å². The Labute approximate surface area is 101 Å². The molecule has 0 aromatic heterocycles. The highest BCUT2D eigenvalue weighted by Crippen LogP contribution is 2.29. The molecular weight excluding hydrogens is 249 g/mol. The molecule has 4 nitrogen and oxygen atoms in total. The molecule has 0 spiro atoms. The number of hydrogen-bond donors (Lipinski definition) is 2. The van der Waals surface area contributed by atoms with E-state index in [9.17, 15) is 22.8 Å². The highest BCUT2D eigenvalue weighted by molar-refractivity contribution is 6.34. The lowest BCUT2D eigenvalue weighted by molar-refractivity contribution is -0.137. The van der Waals surface area contributed by atoms with E-state index >= 15 is 0 Å². The van der Waals surface area contributed by atoms with Gasteiger partial charge in [0.15, 0.2) is 0 Å². The van der Waals surface area contributed by atoms with Gasteiger partial charge in [0.1, 0.15) is 0 Å². The quantitative estimate of drug-likeness (QED) is 0.788. The average molecular weight is 260 g/mol. The van der Waals surface area contributed by atoms with Crippen LogP contribution in [-0.4, -0.2) is 11.8 Å². The summed E-state index contributed by atoms with van der Waals surface area (Å²) < 4.78 is 36.9. The molecule has 0 aliphatic heterocycles. The Morgan fingerprint density at radius 2 is 1.72 bits per heavy atom. The summed E-state index contributed by atoms with van der Waals surface area (Å²) >= 11 is 0. The van der Waals surface area contributed by atoms with Crippen LogP contribution >= 0.6 is 0 Å². The molecule has 0 aliphatic carbocycles. The van der Waals surface area contributed by atoms with E-state index in [0.717, 1.165) is 12.1 Å². The topological polar surface area (TPSA) is 72.2 Å². The third-order valence-corrected chi connectivity index (χ3v) is 2.31. The molecule has 0 unspecified atom stereocenters. The molecule has 0 fully saturated rings.